The van der Waals surface area contributed by atoms with E-state index in [0.29, 0.717) is 0 Å². The fourth-order valence-corrected chi connectivity index (χ4v) is 6.44. The van der Waals surface area contributed by atoms with Gasteiger partial charge in [-0.3, -0.25) is 24.6 Å². The molecule has 3 aliphatic heterocycles. The van der Waals surface area contributed by atoms with Gasteiger partial charge in [0.15, 0.2) is 0 Å². The van der Waals surface area contributed by atoms with E-state index in [-0.39, 0.29) is 29.8 Å². The van der Waals surface area contributed by atoms with Gasteiger partial charge in [-0.05, 0) is 44.3 Å². The van der Waals surface area contributed by atoms with Gasteiger partial charge in [-0.15, -0.1) is 0 Å². The van der Waals surface area contributed by atoms with E-state index >= 15 is 0 Å². The van der Waals surface area contributed by atoms with Crippen molar-refractivity contribution >= 4 is 35.2 Å². The van der Waals surface area contributed by atoms with Crippen LogP contribution in [0.4, 0.5) is 5.69 Å². The minimum absolute atomic E-state index is 0.000273. The van der Waals surface area contributed by atoms with Crippen LogP contribution in [0.1, 0.15) is 43.2 Å². The first-order valence-electron chi connectivity index (χ1n) is 10.5. The summed E-state index contributed by atoms with van der Waals surface area (Å²) in [6.07, 6.45) is 6.67. The Morgan fingerprint density at radius 1 is 1.17 bits per heavy atom. The summed E-state index contributed by atoms with van der Waals surface area (Å²) in [5.41, 5.74) is 1.46. The highest BCUT2D eigenvalue weighted by molar-refractivity contribution is 7.98. The molecule has 29 heavy (non-hydrogen) atoms. The minimum atomic E-state index is -1.14. The Morgan fingerprint density at radius 2 is 1.93 bits per heavy atom. The highest BCUT2D eigenvalue weighted by atomic mass is 32.2. The van der Waals surface area contributed by atoms with Gasteiger partial charge >= 0.3 is 0 Å². The first kappa shape index (κ1) is 19.1. The smallest absolute Gasteiger partial charge is 0.250 e. The molecule has 5 rings (SSSR count). The molecule has 1 aromatic carbocycles. The second kappa shape index (κ2) is 6.84. The van der Waals surface area contributed by atoms with E-state index in [9.17, 15) is 14.4 Å². The molecule has 1 spiro atoms. The zero-order valence-electron chi connectivity index (χ0n) is 16.9. The number of thioether (sulfide) groups is 1. The summed E-state index contributed by atoms with van der Waals surface area (Å²) >= 11 is 1.72. The molecule has 2 N–H and O–H groups in total. The molecular weight excluding hydrogens is 386 g/mol. The maximum Gasteiger partial charge on any atom is 0.250 e. The van der Waals surface area contributed by atoms with E-state index in [1.54, 1.807) is 11.8 Å². The quantitative estimate of drug-likeness (QED) is 0.741. The van der Waals surface area contributed by atoms with Crippen LogP contribution in [0, 0.1) is 18.8 Å². The molecule has 0 aromatic heterocycles. The lowest BCUT2D eigenvalue weighted by Crippen LogP contribution is -2.54. The number of carbonyl (C=O) groups excluding carboxylic acids is 3. The molecule has 0 unspecified atom stereocenters. The van der Waals surface area contributed by atoms with Crippen molar-refractivity contribution in [3.05, 3.63) is 29.3 Å². The number of anilines is 1. The molecule has 3 heterocycles. The van der Waals surface area contributed by atoms with Crippen molar-refractivity contribution in [3.63, 3.8) is 0 Å². The van der Waals surface area contributed by atoms with Crippen molar-refractivity contribution in [1.82, 2.24) is 10.2 Å². The third-order valence-electron chi connectivity index (χ3n) is 7.23. The number of likely N-dealkylation sites (tertiary alicyclic amines) is 1. The van der Waals surface area contributed by atoms with Crippen LogP contribution in [0.15, 0.2) is 18.2 Å². The van der Waals surface area contributed by atoms with Crippen molar-refractivity contribution in [2.24, 2.45) is 11.8 Å². The molecule has 1 saturated carbocycles. The lowest BCUT2D eigenvalue weighted by molar-refractivity contribution is -0.145. The summed E-state index contributed by atoms with van der Waals surface area (Å²) in [7, 11) is 0. The number of carbonyl (C=O) groups is 3. The number of hydrogen-bond acceptors (Lipinski definition) is 5. The molecule has 154 valence electrons. The Labute approximate surface area is 175 Å². The molecular formula is C22H27N3O3S. The van der Waals surface area contributed by atoms with E-state index < -0.39 is 17.4 Å². The van der Waals surface area contributed by atoms with Crippen molar-refractivity contribution in [3.8, 4) is 0 Å². The normalized spacial score (nSPS) is 33.7. The molecule has 4 atom stereocenters. The summed E-state index contributed by atoms with van der Waals surface area (Å²) in [6.45, 7) is 1.99. The second-order valence-corrected chi connectivity index (χ2v) is 9.82. The molecule has 6 nitrogen and oxygen atoms in total. The zero-order valence-corrected chi connectivity index (χ0v) is 17.7. The maximum atomic E-state index is 13.7. The standard InChI is InChI=1S/C22H27N3O3S/c1-12-7-8-15-14(11-12)22(21(28)23-15)18-17(16(24-22)9-10-29-2)19(26)25(20(18)27)13-5-3-4-6-13/h7-8,11,13,16-18,24H,3-6,9-10H2,1-2H3,(H,23,28)/t16-,17+,18+,22+/m0/s1. The molecule has 3 amide bonds. The molecule has 1 aromatic rings. The van der Waals surface area contributed by atoms with Gasteiger partial charge in [0.05, 0.1) is 11.8 Å². The van der Waals surface area contributed by atoms with Crippen LogP contribution in [0.25, 0.3) is 0 Å². The number of aryl methyl sites for hydroxylation is 1. The number of benzene rings is 1. The summed E-state index contributed by atoms with van der Waals surface area (Å²) in [5, 5.41) is 6.49. The van der Waals surface area contributed by atoms with Crippen molar-refractivity contribution in [2.45, 2.75) is 56.7 Å². The first-order chi connectivity index (χ1) is 14.0. The molecule has 0 bridgehead atoms. The van der Waals surface area contributed by atoms with Crippen molar-refractivity contribution in [2.75, 3.05) is 17.3 Å². The van der Waals surface area contributed by atoms with Crippen LogP contribution < -0.4 is 10.6 Å². The van der Waals surface area contributed by atoms with E-state index in [4.69, 9.17) is 0 Å². The lowest BCUT2D eigenvalue weighted by atomic mass is 9.76. The largest absolute Gasteiger partial charge is 0.324 e. The molecule has 2 saturated heterocycles. The molecule has 3 fully saturated rings. The van der Waals surface area contributed by atoms with Crippen LogP contribution >= 0.6 is 11.8 Å². The van der Waals surface area contributed by atoms with Crippen LogP contribution in [-0.4, -0.2) is 46.7 Å². The van der Waals surface area contributed by atoms with E-state index in [0.717, 1.165) is 54.7 Å². The fraction of sp³-hybridized carbons (Fsp3) is 0.591. The van der Waals surface area contributed by atoms with Crippen LogP contribution in [0.3, 0.4) is 0 Å². The van der Waals surface area contributed by atoms with Gasteiger partial charge in [-0.2, -0.15) is 11.8 Å². The van der Waals surface area contributed by atoms with Gasteiger partial charge in [-0.25, -0.2) is 0 Å². The van der Waals surface area contributed by atoms with E-state index in [1.807, 2.05) is 31.4 Å². The Balaban J connectivity index is 1.63. The average molecular weight is 414 g/mol. The van der Waals surface area contributed by atoms with Gasteiger partial charge < -0.3 is 5.32 Å². The topological polar surface area (TPSA) is 78.5 Å². The third-order valence-corrected chi connectivity index (χ3v) is 7.87. The second-order valence-electron chi connectivity index (χ2n) is 8.83. The summed E-state index contributed by atoms with van der Waals surface area (Å²) < 4.78 is 0. The highest BCUT2D eigenvalue weighted by Gasteiger charge is 2.70. The predicted molar refractivity (Wildman–Crippen MR) is 112 cm³/mol. The SMILES string of the molecule is CSCC[C@@H]1N[C@@]2(C(=O)Nc3ccc(C)cc32)[C@H]2C(=O)N(C3CCCC3)C(=O)[C@H]12. The third kappa shape index (κ3) is 2.56. The Hall–Kier alpha value is -1.86. The molecule has 4 aliphatic rings. The van der Waals surface area contributed by atoms with Gasteiger partial charge in [0.1, 0.15) is 5.54 Å². The maximum absolute atomic E-state index is 13.7. The zero-order chi connectivity index (χ0) is 20.3. The minimum Gasteiger partial charge on any atom is -0.324 e. The highest BCUT2D eigenvalue weighted by Crippen LogP contribution is 2.54. The van der Waals surface area contributed by atoms with E-state index in [2.05, 4.69) is 10.6 Å². The van der Waals surface area contributed by atoms with Crippen molar-refractivity contribution < 1.29 is 14.4 Å². The Bertz CT molecular complexity index is 897. The molecule has 7 heteroatoms. The number of fused-ring (bicyclic) bond motifs is 4. The number of nitrogens with one attached hydrogen (secondary N) is 2. The Morgan fingerprint density at radius 3 is 2.66 bits per heavy atom. The van der Waals surface area contributed by atoms with Gasteiger partial charge in [0, 0.05) is 23.3 Å². The Kier molecular flexibility index (Phi) is 4.51. The number of imide groups is 1. The van der Waals surface area contributed by atoms with Crippen LogP contribution in [0.5, 0.6) is 0 Å². The number of hydrogen-bond donors (Lipinski definition) is 2. The van der Waals surface area contributed by atoms with Crippen LogP contribution in [0.2, 0.25) is 0 Å². The van der Waals surface area contributed by atoms with E-state index in [1.165, 1.54) is 4.90 Å². The number of nitrogens with zero attached hydrogens (tertiary/aromatic N) is 1. The molecule has 0 radical (unpaired) electrons. The summed E-state index contributed by atoms with van der Waals surface area (Å²) in [5.74, 6) is -0.677. The fourth-order valence-electron chi connectivity index (χ4n) is 5.95. The first-order valence-corrected chi connectivity index (χ1v) is 11.9. The van der Waals surface area contributed by atoms with Crippen LogP contribution in [-0.2, 0) is 19.9 Å². The van der Waals surface area contributed by atoms with Gasteiger partial charge in [0.25, 0.3) is 0 Å². The predicted octanol–water partition coefficient (Wildman–Crippen LogP) is 2.41. The number of amides is 3. The lowest BCUT2D eigenvalue weighted by Gasteiger charge is -2.31. The molecule has 1 aliphatic carbocycles. The average Bonchev–Trinajstić information content (AvgIpc) is 3.43. The summed E-state index contributed by atoms with van der Waals surface area (Å²) in [6, 6.07) is 5.68. The van der Waals surface area contributed by atoms with Gasteiger partial charge in [-0.1, -0.05) is 30.5 Å². The van der Waals surface area contributed by atoms with Crippen molar-refractivity contribution in [1.29, 1.82) is 0 Å². The van der Waals surface area contributed by atoms with Gasteiger partial charge in [0.2, 0.25) is 17.7 Å². The monoisotopic (exact) mass is 413 g/mol. The summed E-state index contributed by atoms with van der Waals surface area (Å²) in [4.78, 5) is 42.1. The number of rotatable bonds is 4.